The number of carbonyl (C=O) groups is 2. The molecular formula is C18H29N3O4. The highest BCUT2D eigenvalue weighted by Gasteiger charge is 2.34. The van der Waals surface area contributed by atoms with Crippen LogP contribution in [-0.2, 0) is 11.3 Å². The van der Waals surface area contributed by atoms with Crippen LogP contribution in [0.3, 0.4) is 0 Å². The first-order chi connectivity index (χ1) is 11.3. The number of carbonyl (C=O) groups excluding carboxylic acids is 1. The van der Waals surface area contributed by atoms with Crippen molar-refractivity contribution in [3.63, 3.8) is 0 Å². The number of pyridine rings is 1. The van der Waals surface area contributed by atoms with E-state index in [1.807, 2.05) is 20.8 Å². The van der Waals surface area contributed by atoms with E-state index in [0.29, 0.717) is 23.6 Å². The summed E-state index contributed by atoms with van der Waals surface area (Å²) in [5.41, 5.74) is 6.98. The minimum atomic E-state index is -1.44. The molecule has 0 aromatic carbocycles. The lowest BCUT2D eigenvalue weighted by atomic mass is 9.84. The van der Waals surface area contributed by atoms with Crippen LogP contribution < -0.4 is 10.6 Å². The summed E-state index contributed by atoms with van der Waals surface area (Å²) in [5.74, 6) is 0.0104. The predicted octanol–water partition coefficient (Wildman–Crippen LogP) is 3.99. The minimum absolute atomic E-state index is 0.0104. The molecule has 0 radical (unpaired) electrons. The number of amides is 2. The van der Waals surface area contributed by atoms with Crippen molar-refractivity contribution in [1.82, 2.24) is 4.98 Å². The highest BCUT2D eigenvalue weighted by atomic mass is 16.6. The van der Waals surface area contributed by atoms with Crippen molar-refractivity contribution >= 4 is 18.0 Å². The van der Waals surface area contributed by atoms with E-state index in [1.54, 1.807) is 27.7 Å². The lowest BCUT2D eigenvalue weighted by molar-refractivity contribution is 0.0145. The van der Waals surface area contributed by atoms with Gasteiger partial charge in [-0.05, 0) is 56.7 Å². The van der Waals surface area contributed by atoms with E-state index in [-0.39, 0.29) is 11.2 Å². The smallest absolute Gasteiger partial charge is 0.425 e. The van der Waals surface area contributed by atoms with Crippen LogP contribution in [0.5, 0.6) is 0 Å². The average molecular weight is 351 g/mol. The van der Waals surface area contributed by atoms with Gasteiger partial charge in [-0.15, -0.1) is 0 Å². The monoisotopic (exact) mass is 351 g/mol. The topological polar surface area (TPSA) is 106 Å². The van der Waals surface area contributed by atoms with E-state index in [2.05, 4.69) is 4.98 Å². The van der Waals surface area contributed by atoms with E-state index in [0.717, 1.165) is 11.1 Å². The van der Waals surface area contributed by atoms with Gasteiger partial charge in [-0.25, -0.2) is 14.6 Å². The summed E-state index contributed by atoms with van der Waals surface area (Å²) in [6.45, 7) is 13.4. The summed E-state index contributed by atoms with van der Waals surface area (Å²) in [4.78, 5) is 28.9. The first-order valence-corrected chi connectivity index (χ1v) is 8.20. The van der Waals surface area contributed by atoms with E-state index in [9.17, 15) is 14.7 Å². The molecule has 25 heavy (non-hydrogen) atoms. The largest absolute Gasteiger partial charge is 0.464 e. The first kappa shape index (κ1) is 20.9. The summed E-state index contributed by atoms with van der Waals surface area (Å²) < 4.78 is 5.47. The van der Waals surface area contributed by atoms with Crippen molar-refractivity contribution in [2.45, 2.75) is 67.0 Å². The molecule has 140 valence electrons. The Labute approximate surface area is 149 Å². The molecule has 0 atom stereocenters. The maximum Gasteiger partial charge on any atom is 0.425 e. The Bertz CT molecular complexity index is 640. The van der Waals surface area contributed by atoms with Gasteiger partial charge in [-0.3, -0.25) is 0 Å². The molecule has 0 bridgehead atoms. The fourth-order valence-corrected chi connectivity index (χ4v) is 3.13. The standard InChI is InChI=1S/C18H29N3O4/c1-11-8-14(20-12(2)13(11)9-19)21(15(22)23)16(24)25-18(6,7)10-17(3,4)5/h8H,9-10,19H2,1-7H3,(H,22,23). The second-order valence-corrected chi connectivity index (χ2v) is 8.05. The highest BCUT2D eigenvalue weighted by Crippen LogP contribution is 2.30. The maximum atomic E-state index is 12.5. The van der Waals surface area contributed by atoms with Crippen molar-refractivity contribution < 1.29 is 19.4 Å². The van der Waals surface area contributed by atoms with Crippen LogP contribution in [-0.4, -0.2) is 27.9 Å². The molecule has 0 unspecified atom stereocenters. The second-order valence-electron chi connectivity index (χ2n) is 8.05. The molecule has 0 aliphatic carbocycles. The fraction of sp³-hybridized carbons (Fsp3) is 0.611. The molecule has 1 heterocycles. The summed E-state index contributed by atoms with van der Waals surface area (Å²) >= 11 is 0. The lowest BCUT2D eigenvalue weighted by Crippen LogP contribution is -2.43. The molecule has 1 aromatic rings. The zero-order valence-electron chi connectivity index (χ0n) is 16.1. The van der Waals surface area contributed by atoms with Gasteiger partial charge in [-0.1, -0.05) is 20.8 Å². The Hall–Kier alpha value is -2.15. The molecule has 0 spiro atoms. The van der Waals surface area contributed by atoms with Crippen LogP contribution >= 0.6 is 0 Å². The van der Waals surface area contributed by atoms with Crippen LogP contribution in [0.1, 0.15) is 57.9 Å². The van der Waals surface area contributed by atoms with E-state index >= 15 is 0 Å². The number of imide groups is 1. The maximum absolute atomic E-state index is 12.5. The summed E-state index contributed by atoms with van der Waals surface area (Å²) in [7, 11) is 0. The van der Waals surface area contributed by atoms with E-state index < -0.39 is 17.8 Å². The van der Waals surface area contributed by atoms with Gasteiger partial charge in [0.25, 0.3) is 0 Å². The minimum Gasteiger partial charge on any atom is -0.464 e. The number of aryl methyl sites for hydroxylation is 2. The van der Waals surface area contributed by atoms with Crippen molar-refractivity contribution in [2.24, 2.45) is 11.1 Å². The van der Waals surface area contributed by atoms with Crippen LogP contribution in [0.25, 0.3) is 0 Å². The SMILES string of the molecule is Cc1cc(N(C(=O)O)C(=O)OC(C)(C)CC(C)(C)C)nc(C)c1CN. The number of hydrogen-bond acceptors (Lipinski definition) is 5. The third kappa shape index (κ3) is 5.70. The quantitative estimate of drug-likeness (QED) is 0.849. The van der Waals surface area contributed by atoms with E-state index in [4.69, 9.17) is 10.5 Å². The first-order valence-electron chi connectivity index (χ1n) is 8.20. The number of hydrogen-bond donors (Lipinski definition) is 2. The van der Waals surface area contributed by atoms with Crippen molar-refractivity contribution in [3.05, 3.63) is 22.9 Å². The van der Waals surface area contributed by atoms with Crippen molar-refractivity contribution in [3.8, 4) is 0 Å². The number of rotatable bonds is 4. The Balaban J connectivity index is 3.17. The summed E-state index contributed by atoms with van der Waals surface area (Å²) in [6, 6.07) is 1.53. The van der Waals surface area contributed by atoms with Gasteiger partial charge in [0, 0.05) is 12.2 Å². The van der Waals surface area contributed by atoms with Crippen LogP contribution in [0.15, 0.2) is 6.07 Å². The van der Waals surface area contributed by atoms with Crippen LogP contribution in [0.2, 0.25) is 0 Å². The molecule has 1 rings (SSSR count). The van der Waals surface area contributed by atoms with E-state index in [1.165, 1.54) is 6.07 Å². The molecule has 1 aromatic heterocycles. The van der Waals surface area contributed by atoms with Gasteiger partial charge in [0.2, 0.25) is 0 Å². The summed E-state index contributed by atoms with van der Waals surface area (Å²) in [5, 5.41) is 9.50. The molecule has 3 N–H and O–H groups in total. The fourth-order valence-electron chi connectivity index (χ4n) is 3.13. The van der Waals surface area contributed by atoms with Crippen molar-refractivity contribution in [2.75, 3.05) is 4.90 Å². The Morgan fingerprint density at radius 1 is 1.24 bits per heavy atom. The Kier molecular flexibility index (Phi) is 6.18. The third-order valence-corrected chi connectivity index (χ3v) is 3.67. The molecule has 0 saturated heterocycles. The van der Waals surface area contributed by atoms with Gasteiger partial charge < -0.3 is 15.6 Å². The number of nitrogens with two attached hydrogens (primary N) is 1. The van der Waals surface area contributed by atoms with Gasteiger partial charge in [0.1, 0.15) is 11.4 Å². The number of ether oxygens (including phenoxy) is 1. The zero-order valence-corrected chi connectivity index (χ0v) is 16.1. The summed E-state index contributed by atoms with van der Waals surface area (Å²) in [6.07, 6.45) is -1.83. The van der Waals surface area contributed by atoms with Gasteiger partial charge in [0.15, 0.2) is 0 Å². The highest BCUT2D eigenvalue weighted by molar-refractivity contribution is 6.07. The second kappa shape index (κ2) is 7.39. The zero-order chi connectivity index (χ0) is 19.6. The molecular weight excluding hydrogens is 322 g/mol. The molecule has 7 nitrogen and oxygen atoms in total. The number of carboxylic acid groups (broad SMARTS) is 1. The Morgan fingerprint density at radius 3 is 2.20 bits per heavy atom. The average Bonchev–Trinajstić information content (AvgIpc) is 2.33. The normalized spacial score (nSPS) is 12.0. The molecule has 7 heteroatoms. The molecule has 2 amide bonds. The molecule has 0 aliphatic rings. The van der Waals surface area contributed by atoms with Gasteiger partial charge >= 0.3 is 12.2 Å². The number of aromatic nitrogens is 1. The molecule has 0 saturated carbocycles. The molecule has 0 fully saturated rings. The lowest BCUT2D eigenvalue weighted by Gasteiger charge is -2.33. The molecule has 0 aliphatic heterocycles. The van der Waals surface area contributed by atoms with Gasteiger partial charge in [0.05, 0.1) is 0 Å². The number of nitrogens with zero attached hydrogens (tertiary/aromatic N) is 2. The van der Waals surface area contributed by atoms with Crippen molar-refractivity contribution in [1.29, 1.82) is 0 Å². The number of anilines is 1. The third-order valence-electron chi connectivity index (χ3n) is 3.67. The predicted molar refractivity (Wildman–Crippen MR) is 96.7 cm³/mol. The van der Waals surface area contributed by atoms with Crippen LogP contribution in [0, 0.1) is 19.3 Å². The van der Waals surface area contributed by atoms with Gasteiger partial charge in [-0.2, -0.15) is 4.90 Å². The Morgan fingerprint density at radius 2 is 1.80 bits per heavy atom. The van der Waals surface area contributed by atoms with Crippen LogP contribution in [0.4, 0.5) is 15.4 Å².